The molecule has 0 saturated heterocycles. The lowest BCUT2D eigenvalue weighted by atomic mass is 10.1. The molecular formula is C18H27IN6O. The molecule has 1 heterocycles. The molecule has 7 nitrogen and oxygen atoms in total. The molecule has 142 valence electrons. The molecule has 0 spiro atoms. The summed E-state index contributed by atoms with van der Waals surface area (Å²) in [6.45, 7) is 6.81. The molecule has 0 bridgehead atoms. The van der Waals surface area contributed by atoms with Gasteiger partial charge in [0, 0.05) is 39.0 Å². The number of guanidine groups is 1. The smallest absolute Gasteiger partial charge is 0.216 e. The minimum Gasteiger partial charge on any atom is -0.357 e. The van der Waals surface area contributed by atoms with E-state index < -0.39 is 0 Å². The molecule has 8 heteroatoms. The number of aromatic nitrogens is 2. The Morgan fingerprint density at radius 1 is 1.12 bits per heavy atom. The number of carbonyl (C=O) groups excluding carboxylic acids is 1. The minimum absolute atomic E-state index is 0. The standard InChI is InChI=1S/C18H26N6O.HI/c1-3-19-18(21-11-10-20-15(2)25)22-13-16-7-4-5-8-17(16)14-24-12-6-9-23-24;/h4-9,12H,3,10-11,13-14H2,1-2H3,(H,20,25)(H2,19,21,22);1H. The van der Waals surface area contributed by atoms with E-state index in [2.05, 4.69) is 38.2 Å². The number of carbonyl (C=O) groups is 1. The highest BCUT2D eigenvalue weighted by atomic mass is 127. The summed E-state index contributed by atoms with van der Waals surface area (Å²) < 4.78 is 1.90. The molecule has 26 heavy (non-hydrogen) atoms. The molecule has 0 saturated carbocycles. The fraction of sp³-hybridized carbons (Fsp3) is 0.389. The first-order valence-corrected chi connectivity index (χ1v) is 8.50. The lowest BCUT2D eigenvalue weighted by molar-refractivity contribution is -0.118. The SMILES string of the molecule is CCNC(=NCc1ccccc1Cn1cccn1)NCCNC(C)=O.I. The Balaban J connectivity index is 0.00000338. The first-order valence-electron chi connectivity index (χ1n) is 8.50. The monoisotopic (exact) mass is 470 g/mol. The van der Waals surface area contributed by atoms with Gasteiger partial charge in [-0.05, 0) is 24.1 Å². The zero-order valence-electron chi connectivity index (χ0n) is 15.2. The molecule has 1 amide bonds. The zero-order valence-corrected chi connectivity index (χ0v) is 17.6. The van der Waals surface area contributed by atoms with Crippen LogP contribution in [-0.2, 0) is 17.9 Å². The number of nitrogens with one attached hydrogen (secondary N) is 3. The van der Waals surface area contributed by atoms with Crippen molar-refractivity contribution >= 4 is 35.8 Å². The van der Waals surface area contributed by atoms with Crippen molar-refractivity contribution < 1.29 is 4.79 Å². The molecule has 0 aliphatic carbocycles. The Hall–Kier alpha value is -2.10. The normalized spacial score (nSPS) is 10.8. The summed E-state index contributed by atoms with van der Waals surface area (Å²) in [4.78, 5) is 15.5. The summed E-state index contributed by atoms with van der Waals surface area (Å²) in [5, 5.41) is 13.5. The maximum Gasteiger partial charge on any atom is 0.216 e. The second kappa shape index (κ2) is 12.3. The largest absolute Gasteiger partial charge is 0.357 e. The van der Waals surface area contributed by atoms with E-state index in [1.807, 2.05) is 36.0 Å². The molecule has 0 atom stereocenters. The van der Waals surface area contributed by atoms with E-state index in [-0.39, 0.29) is 29.9 Å². The van der Waals surface area contributed by atoms with Gasteiger partial charge in [-0.3, -0.25) is 9.48 Å². The molecule has 1 aromatic carbocycles. The number of hydrogen-bond acceptors (Lipinski definition) is 3. The topological polar surface area (TPSA) is 83.3 Å². The molecule has 0 unspecified atom stereocenters. The summed E-state index contributed by atoms with van der Waals surface area (Å²) in [5.74, 6) is 0.707. The number of nitrogens with zero attached hydrogens (tertiary/aromatic N) is 3. The van der Waals surface area contributed by atoms with Crippen LogP contribution in [0.25, 0.3) is 0 Å². The number of amides is 1. The Bertz CT molecular complexity index is 687. The van der Waals surface area contributed by atoms with Gasteiger partial charge in [-0.2, -0.15) is 5.10 Å². The van der Waals surface area contributed by atoms with E-state index in [1.165, 1.54) is 12.5 Å². The van der Waals surface area contributed by atoms with E-state index >= 15 is 0 Å². The van der Waals surface area contributed by atoms with Gasteiger partial charge in [0.15, 0.2) is 5.96 Å². The van der Waals surface area contributed by atoms with Crippen LogP contribution in [-0.4, -0.2) is 41.3 Å². The third-order valence-electron chi connectivity index (χ3n) is 3.55. The number of hydrogen-bond donors (Lipinski definition) is 3. The molecule has 0 radical (unpaired) electrons. The van der Waals surface area contributed by atoms with Crippen molar-refractivity contribution in [1.82, 2.24) is 25.7 Å². The van der Waals surface area contributed by atoms with Crippen molar-refractivity contribution in [2.45, 2.75) is 26.9 Å². The Kier molecular flexibility index (Phi) is 10.4. The van der Waals surface area contributed by atoms with Gasteiger partial charge in [-0.25, -0.2) is 4.99 Å². The Labute approximate surface area is 171 Å². The summed E-state index contributed by atoms with van der Waals surface area (Å²) in [6, 6.07) is 10.2. The predicted octanol–water partition coefficient (Wildman–Crippen LogP) is 1.74. The van der Waals surface area contributed by atoms with Crippen LogP contribution in [0.3, 0.4) is 0 Å². The van der Waals surface area contributed by atoms with Gasteiger partial charge in [-0.15, -0.1) is 24.0 Å². The number of rotatable bonds is 8. The lowest BCUT2D eigenvalue weighted by Crippen LogP contribution is -2.41. The maximum absolute atomic E-state index is 10.9. The maximum atomic E-state index is 10.9. The van der Waals surface area contributed by atoms with Crippen LogP contribution in [0.5, 0.6) is 0 Å². The molecule has 2 rings (SSSR count). The highest BCUT2D eigenvalue weighted by Crippen LogP contribution is 2.11. The first kappa shape index (κ1) is 21.9. The van der Waals surface area contributed by atoms with Crippen LogP contribution in [0, 0.1) is 0 Å². The highest BCUT2D eigenvalue weighted by molar-refractivity contribution is 14.0. The van der Waals surface area contributed by atoms with Crippen molar-refractivity contribution in [2.24, 2.45) is 4.99 Å². The van der Waals surface area contributed by atoms with Crippen LogP contribution in [0.2, 0.25) is 0 Å². The average Bonchev–Trinajstić information content (AvgIpc) is 3.10. The van der Waals surface area contributed by atoms with E-state index in [9.17, 15) is 4.79 Å². The molecule has 2 aromatic rings. The van der Waals surface area contributed by atoms with Crippen LogP contribution >= 0.6 is 24.0 Å². The number of halogens is 1. The van der Waals surface area contributed by atoms with Crippen LogP contribution in [0.1, 0.15) is 25.0 Å². The Morgan fingerprint density at radius 3 is 2.50 bits per heavy atom. The second-order valence-corrected chi connectivity index (χ2v) is 5.58. The lowest BCUT2D eigenvalue weighted by Gasteiger charge is -2.12. The van der Waals surface area contributed by atoms with Crippen molar-refractivity contribution in [3.05, 3.63) is 53.9 Å². The number of aliphatic imine (C=N–C) groups is 1. The van der Waals surface area contributed by atoms with Crippen LogP contribution in [0.4, 0.5) is 0 Å². The summed E-state index contributed by atoms with van der Waals surface area (Å²) in [5.41, 5.74) is 2.36. The van der Waals surface area contributed by atoms with Gasteiger partial charge in [0.25, 0.3) is 0 Å². The minimum atomic E-state index is -0.0312. The van der Waals surface area contributed by atoms with E-state index in [0.29, 0.717) is 19.6 Å². The summed E-state index contributed by atoms with van der Waals surface area (Å²) in [6.07, 6.45) is 3.73. The van der Waals surface area contributed by atoms with Crippen molar-refractivity contribution in [3.63, 3.8) is 0 Å². The molecule has 0 aliphatic rings. The summed E-state index contributed by atoms with van der Waals surface area (Å²) in [7, 11) is 0. The predicted molar refractivity (Wildman–Crippen MR) is 115 cm³/mol. The quantitative estimate of drug-likeness (QED) is 0.238. The first-order chi connectivity index (χ1) is 12.2. The van der Waals surface area contributed by atoms with Crippen molar-refractivity contribution in [1.29, 1.82) is 0 Å². The van der Waals surface area contributed by atoms with Gasteiger partial charge >= 0.3 is 0 Å². The third kappa shape index (κ3) is 7.85. The third-order valence-corrected chi connectivity index (χ3v) is 3.55. The van der Waals surface area contributed by atoms with Gasteiger partial charge < -0.3 is 16.0 Å². The fourth-order valence-corrected chi connectivity index (χ4v) is 2.36. The van der Waals surface area contributed by atoms with Gasteiger partial charge in [-0.1, -0.05) is 24.3 Å². The second-order valence-electron chi connectivity index (χ2n) is 5.58. The molecule has 0 aliphatic heterocycles. The van der Waals surface area contributed by atoms with Crippen LogP contribution < -0.4 is 16.0 Å². The summed E-state index contributed by atoms with van der Waals surface area (Å²) >= 11 is 0. The van der Waals surface area contributed by atoms with E-state index in [1.54, 1.807) is 6.20 Å². The number of benzene rings is 1. The molecule has 0 fully saturated rings. The molecule has 3 N–H and O–H groups in total. The Morgan fingerprint density at radius 2 is 1.85 bits per heavy atom. The van der Waals surface area contributed by atoms with Gasteiger partial charge in [0.2, 0.25) is 5.91 Å². The highest BCUT2D eigenvalue weighted by Gasteiger charge is 2.04. The van der Waals surface area contributed by atoms with Gasteiger partial charge in [0.1, 0.15) is 0 Å². The van der Waals surface area contributed by atoms with Crippen molar-refractivity contribution in [3.8, 4) is 0 Å². The van der Waals surface area contributed by atoms with Crippen molar-refractivity contribution in [2.75, 3.05) is 19.6 Å². The average molecular weight is 470 g/mol. The van der Waals surface area contributed by atoms with E-state index in [0.717, 1.165) is 24.6 Å². The molecular weight excluding hydrogens is 443 g/mol. The van der Waals surface area contributed by atoms with Crippen LogP contribution in [0.15, 0.2) is 47.7 Å². The zero-order chi connectivity index (χ0) is 17.9. The fourth-order valence-electron chi connectivity index (χ4n) is 2.36. The van der Waals surface area contributed by atoms with E-state index in [4.69, 9.17) is 0 Å². The molecule has 1 aromatic heterocycles. The van der Waals surface area contributed by atoms with Gasteiger partial charge in [0.05, 0.1) is 13.1 Å².